The Kier molecular flexibility index (Phi) is 4.35. The number of amides is 1. The second kappa shape index (κ2) is 6.39. The average molecular weight is 276 g/mol. The Morgan fingerprint density at radius 3 is 2.75 bits per heavy atom. The summed E-state index contributed by atoms with van der Waals surface area (Å²) in [5.41, 5.74) is 0. The van der Waals surface area contributed by atoms with Gasteiger partial charge in [-0.25, -0.2) is 4.98 Å². The normalized spacial score (nSPS) is 20.0. The third-order valence-electron chi connectivity index (χ3n) is 4.21. The Morgan fingerprint density at radius 2 is 2.00 bits per heavy atom. The van der Waals surface area contributed by atoms with Crippen molar-refractivity contribution in [2.24, 2.45) is 0 Å². The zero-order valence-corrected chi connectivity index (χ0v) is 12.0. The van der Waals surface area contributed by atoms with Gasteiger partial charge in [-0.05, 0) is 25.7 Å². The average Bonchev–Trinajstić information content (AvgIpc) is 3.18. The van der Waals surface area contributed by atoms with Gasteiger partial charge in [-0.15, -0.1) is 0 Å². The molecule has 1 aromatic rings. The van der Waals surface area contributed by atoms with E-state index in [1.165, 1.54) is 32.1 Å². The van der Waals surface area contributed by atoms with E-state index < -0.39 is 0 Å². The lowest BCUT2D eigenvalue weighted by Gasteiger charge is -2.23. The Labute approximate surface area is 120 Å². The van der Waals surface area contributed by atoms with Crippen molar-refractivity contribution in [3.63, 3.8) is 0 Å². The molecular formula is C15H24N4O. The van der Waals surface area contributed by atoms with Crippen molar-refractivity contribution in [1.82, 2.24) is 20.2 Å². The summed E-state index contributed by atoms with van der Waals surface area (Å²) in [6, 6.07) is 1.05. The molecule has 5 nitrogen and oxygen atoms in total. The van der Waals surface area contributed by atoms with E-state index in [1.807, 2.05) is 10.8 Å². The highest BCUT2D eigenvalue weighted by molar-refractivity contribution is 5.76. The molecule has 20 heavy (non-hydrogen) atoms. The number of hydrogen-bond donors (Lipinski definition) is 2. The predicted molar refractivity (Wildman–Crippen MR) is 77.1 cm³/mol. The molecule has 2 N–H and O–H groups in total. The number of carbonyl (C=O) groups is 1. The monoisotopic (exact) mass is 276 g/mol. The van der Waals surface area contributed by atoms with Crippen LogP contribution in [-0.2, 0) is 17.9 Å². The number of rotatable bonds is 6. The number of nitrogens with one attached hydrogen (secondary N) is 2. The fourth-order valence-corrected chi connectivity index (χ4v) is 2.85. The highest BCUT2D eigenvalue weighted by Gasteiger charge is 2.21. The van der Waals surface area contributed by atoms with Crippen molar-refractivity contribution in [3.05, 3.63) is 18.2 Å². The number of aromatic nitrogens is 2. The van der Waals surface area contributed by atoms with Gasteiger partial charge in [0.05, 0.1) is 6.54 Å². The van der Waals surface area contributed by atoms with E-state index in [0.717, 1.165) is 25.2 Å². The fourth-order valence-electron chi connectivity index (χ4n) is 2.85. The highest BCUT2D eigenvalue weighted by Crippen LogP contribution is 2.19. The second-order valence-corrected chi connectivity index (χ2v) is 6.03. The van der Waals surface area contributed by atoms with Gasteiger partial charge in [0.1, 0.15) is 12.4 Å². The molecule has 0 saturated heterocycles. The minimum absolute atomic E-state index is 0.113. The Morgan fingerprint density at radius 1 is 1.20 bits per heavy atom. The molecule has 1 heterocycles. The maximum absolute atomic E-state index is 12.1. The molecule has 0 unspecified atom stereocenters. The van der Waals surface area contributed by atoms with Crippen molar-refractivity contribution in [3.8, 4) is 0 Å². The second-order valence-electron chi connectivity index (χ2n) is 6.03. The van der Waals surface area contributed by atoms with Gasteiger partial charge in [0.2, 0.25) is 5.91 Å². The Bertz CT molecular complexity index is 446. The summed E-state index contributed by atoms with van der Waals surface area (Å²) in [5.74, 6) is 1.07. The lowest BCUT2D eigenvalue weighted by atomic mass is 9.95. The third-order valence-corrected chi connectivity index (χ3v) is 4.21. The van der Waals surface area contributed by atoms with Crippen LogP contribution in [0.4, 0.5) is 0 Å². The number of nitrogens with zero attached hydrogens (tertiary/aromatic N) is 2. The molecule has 0 aliphatic heterocycles. The molecule has 0 spiro atoms. The van der Waals surface area contributed by atoms with E-state index in [0.29, 0.717) is 18.6 Å². The van der Waals surface area contributed by atoms with E-state index in [4.69, 9.17) is 0 Å². The lowest BCUT2D eigenvalue weighted by Crippen LogP contribution is -2.38. The van der Waals surface area contributed by atoms with Crippen molar-refractivity contribution in [1.29, 1.82) is 0 Å². The number of imidazole rings is 1. The van der Waals surface area contributed by atoms with Gasteiger partial charge in [0.25, 0.3) is 0 Å². The van der Waals surface area contributed by atoms with Crippen LogP contribution >= 0.6 is 0 Å². The number of carbonyl (C=O) groups excluding carboxylic acids is 1. The van der Waals surface area contributed by atoms with Crippen molar-refractivity contribution < 1.29 is 4.79 Å². The van der Waals surface area contributed by atoms with E-state index in [1.54, 1.807) is 6.20 Å². The molecular weight excluding hydrogens is 252 g/mol. The van der Waals surface area contributed by atoms with Crippen molar-refractivity contribution in [2.45, 2.75) is 70.1 Å². The fraction of sp³-hybridized carbons (Fsp3) is 0.733. The molecule has 5 heteroatoms. The predicted octanol–water partition coefficient (Wildman–Crippen LogP) is 1.58. The van der Waals surface area contributed by atoms with E-state index in [-0.39, 0.29) is 5.91 Å². The summed E-state index contributed by atoms with van der Waals surface area (Å²) in [7, 11) is 0. The van der Waals surface area contributed by atoms with Gasteiger partial charge in [0, 0.05) is 24.5 Å². The van der Waals surface area contributed by atoms with Crippen LogP contribution < -0.4 is 10.6 Å². The van der Waals surface area contributed by atoms with Crippen LogP contribution in [0.5, 0.6) is 0 Å². The van der Waals surface area contributed by atoms with E-state index in [2.05, 4.69) is 15.6 Å². The SMILES string of the molecule is O=C(Cn1ccnc1CNC1CC1)NC1CCCCC1. The first kappa shape index (κ1) is 13.6. The van der Waals surface area contributed by atoms with Crippen LogP contribution in [0.15, 0.2) is 12.4 Å². The molecule has 110 valence electrons. The first-order valence-electron chi connectivity index (χ1n) is 7.84. The zero-order chi connectivity index (χ0) is 13.8. The molecule has 1 amide bonds. The molecule has 0 aromatic carbocycles. The maximum atomic E-state index is 12.1. The van der Waals surface area contributed by atoms with Crippen LogP contribution in [0.3, 0.4) is 0 Å². The molecule has 0 radical (unpaired) electrons. The minimum Gasteiger partial charge on any atom is -0.352 e. The minimum atomic E-state index is 0.113. The summed E-state index contributed by atoms with van der Waals surface area (Å²) >= 11 is 0. The standard InChI is InChI=1S/C15H24N4O/c20-15(18-13-4-2-1-3-5-13)11-19-9-8-16-14(19)10-17-12-6-7-12/h8-9,12-13,17H,1-7,10-11H2,(H,18,20). The molecule has 3 rings (SSSR count). The molecule has 2 saturated carbocycles. The number of hydrogen-bond acceptors (Lipinski definition) is 3. The van der Waals surface area contributed by atoms with Gasteiger partial charge in [-0.3, -0.25) is 4.79 Å². The first-order valence-corrected chi connectivity index (χ1v) is 7.84. The summed E-state index contributed by atoms with van der Waals surface area (Å²) in [6.07, 6.45) is 12.3. The van der Waals surface area contributed by atoms with Crippen LogP contribution in [-0.4, -0.2) is 27.5 Å². The van der Waals surface area contributed by atoms with Gasteiger partial charge in [0.15, 0.2) is 0 Å². The molecule has 2 aliphatic rings. The van der Waals surface area contributed by atoms with Crippen LogP contribution in [0.25, 0.3) is 0 Å². The van der Waals surface area contributed by atoms with Crippen LogP contribution in [0.1, 0.15) is 50.8 Å². The van der Waals surface area contributed by atoms with Crippen molar-refractivity contribution >= 4 is 5.91 Å². The summed E-state index contributed by atoms with van der Waals surface area (Å²) in [5, 5.41) is 6.59. The highest BCUT2D eigenvalue weighted by atomic mass is 16.2. The molecule has 2 fully saturated rings. The van der Waals surface area contributed by atoms with Gasteiger partial charge in [-0.1, -0.05) is 19.3 Å². The van der Waals surface area contributed by atoms with E-state index >= 15 is 0 Å². The molecule has 0 atom stereocenters. The topological polar surface area (TPSA) is 59.0 Å². The Hall–Kier alpha value is -1.36. The van der Waals surface area contributed by atoms with Crippen molar-refractivity contribution in [2.75, 3.05) is 0 Å². The third kappa shape index (κ3) is 3.82. The first-order chi connectivity index (χ1) is 9.81. The summed E-state index contributed by atoms with van der Waals surface area (Å²) in [6.45, 7) is 1.15. The zero-order valence-electron chi connectivity index (χ0n) is 12.0. The van der Waals surface area contributed by atoms with Gasteiger partial charge >= 0.3 is 0 Å². The van der Waals surface area contributed by atoms with Crippen LogP contribution in [0, 0.1) is 0 Å². The Balaban J connectivity index is 1.48. The quantitative estimate of drug-likeness (QED) is 0.829. The van der Waals surface area contributed by atoms with E-state index in [9.17, 15) is 4.79 Å². The molecule has 0 bridgehead atoms. The lowest BCUT2D eigenvalue weighted by molar-refractivity contribution is -0.122. The van der Waals surface area contributed by atoms with Gasteiger partial charge < -0.3 is 15.2 Å². The molecule has 2 aliphatic carbocycles. The summed E-state index contributed by atoms with van der Waals surface area (Å²) in [4.78, 5) is 16.4. The van der Waals surface area contributed by atoms with Crippen LogP contribution in [0.2, 0.25) is 0 Å². The smallest absolute Gasteiger partial charge is 0.240 e. The summed E-state index contributed by atoms with van der Waals surface area (Å²) < 4.78 is 1.95. The maximum Gasteiger partial charge on any atom is 0.240 e. The largest absolute Gasteiger partial charge is 0.352 e. The molecule has 1 aromatic heterocycles. The van der Waals surface area contributed by atoms with Gasteiger partial charge in [-0.2, -0.15) is 0 Å².